The van der Waals surface area contributed by atoms with Crippen LogP contribution in [0.5, 0.6) is 0 Å². The molecular weight excluding hydrogens is 460 g/mol. The van der Waals surface area contributed by atoms with Crippen LogP contribution in [0.1, 0.15) is 13.8 Å². The van der Waals surface area contributed by atoms with Crippen molar-refractivity contribution in [2.45, 2.75) is 31.3 Å². The summed E-state index contributed by atoms with van der Waals surface area (Å²) in [4.78, 5) is 15.4. The number of fused-ring (bicyclic) bond motifs is 3. The van der Waals surface area contributed by atoms with Crippen LogP contribution < -0.4 is 5.32 Å². The summed E-state index contributed by atoms with van der Waals surface area (Å²) in [5, 5.41) is 5.36. The number of para-hydroxylation sites is 1. The van der Waals surface area contributed by atoms with Gasteiger partial charge in [-0.05, 0) is 50.2 Å². The summed E-state index contributed by atoms with van der Waals surface area (Å²) in [6, 6.07) is 22.5. The average molecular weight is 491 g/mol. The second-order valence-corrected chi connectivity index (χ2v) is 10.8. The van der Waals surface area contributed by atoms with Crippen molar-refractivity contribution in [1.29, 1.82) is 0 Å². The minimum Gasteiger partial charge on any atom is -0.341 e. The first-order valence-electron chi connectivity index (χ1n) is 12.0. The van der Waals surface area contributed by atoms with Gasteiger partial charge in [-0.1, -0.05) is 36.4 Å². The molecule has 1 aromatic heterocycles. The molecule has 0 radical (unpaired) electrons. The number of rotatable bonds is 6. The van der Waals surface area contributed by atoms with Crippen LogP contribution in [0.25, 0.3) is 21.8 Å². The molecule has 1 fully saturated rings. The molecule has 1 aliphatic rings. The van der Waals surface area contributed by atoms with Crippen molar-refractivity contribution in [1.82, 2.24) is 13.8 Å². The van der Waals surface area contributed by atoms with Gasteiger partial charge in [0.25, 0.3) is 0 Å². The molecule has 0 bridgehead atoms. The summed E-state index contributed by atoms with van der Waals surface area (Å²) >= 11 is 0. The van der Waals surface area contributed by atoms with E-state index in [1.807, 2.05) is 36.1 Å². The number of sulfonamides is 1. The molecule has 0 aliphatic carbocycles. The van der Waals surface area contributed by atoms with Crippen LogP contribution in [0.3, 0.4) is 0 Å². The Morgan fingerprint density at radius 3 is 2.26 bits per heavy atom. The quantitative estimate of drug-likeness (QED) is 0.441. The van der Waals surface area contributed by atoms with Crippen molar-refractivity contribution in [3.8, 4) is 0 Å². The zero-order valence-corrected chi connectivity index (χ0v) is 20.8. The minimum absolute atomic E-state index is 0.0945. The van der Waals surface area contributed by atoms with Gasteiger partial charge in [-0.3, -0.25) is 9.69 Å². The van der Waals surface area contributed by atoms with Gasteiger partial charge < -0.3 is 9.88 Å². The van der Waals surface area contributed by atoms with E-state index in [0.29, 0.717) is 31.1 Å². The Labute approximate surface area is 206 Å². The van der Waals surface area contributed by atoms with E-state index in [2.05, 4.69) is 35.0 Å². The van der Waals surface area contributed by atoms with Crippen molar-refractivity contribution in [3.05, 3.63) is 72.8 Å². The maximum atomic E-state index is 13.1. The molecule has 5 rings (SSSR count). The molecule has 1 amide bonds. The van der Waals surface area contributed by atoms with Gasteiger partial charge in [0.1, 0.15) is 0 Å². The zero-order chi connectivity index (χ0) is 24.6. The maximum absolute atomic E-state index is 13.1. The van der Waals surface area contributed by atoms with Crippen molar-refractivity contribution >= 4 is 43.4 Å². The SMILES string of the molecule is CCn1c2ccccc2c2cc(NC(=O)[C@H](C)N3CCN(S(=O)(=O)c4ccccc4)CC3)ccc21. The van der Waals surface area contributed by atoms with Crippen LogP contribution in [0.4, 0.5) is 5.69 Å². The zero-order valence-electron chi connectivity index (χ0n) is 20.0. The lowest BCUT2D eigenvalue weighted by Gasteiger charge is -2.36. The Kier molecular flexibility index (Phi) is 6.35. The molecule has 1 N–H and O–H groups in total. The smallest absolute Gasteiger partial charge is 0.243 e. The first-order valence-corrected chi connectivity index (χ1v) is 13.4. The number of aryl methyl sites for hydroxylation is 1. The molecule has 2 heterocycles. The number of hydrogen-bond acceptors (Lipinski definition) is 4. The van der Waals surface area contributed by atoms with Crippen LogP contribution >= 0.6 is 0 Å². The normalized spacial score (nSPS) is 16.5. The largest absolute Gasteiger partial charge is 0.341 e. The highest BCUT2D eigenvalue weighted by molar-refractivity contribution is 7.89. The van der Waals surface area contributed by atoms with Gasteiger partial charge in [-0.15, -0.1) is 0 Å². The number of amides is 1. The van der Waals surface area contributed by atoms with E-state index in [1.165, 1.54) is 15.2 Å². The summed E-state index contributed by atoms with van der Waals surface area (Å²) in [6.45, 7) is 6.60. The molecular formula is C27H30N4O3S. The number of nitrogens with zero attached hydrogens (tertiary/aromatic N) is 3. The third kappa shape index (κ3) is 4.33. The molecule has 35 heavy (non-hydrogen) atoms. The molecule has 182 valence electrons. The van der Waals surface area contributed by atoms with Crippen molar-refractivity contribution in [3.63, 3.8) is 0 Å². The summed E-state index contributed by atoms with van der Waals surface area (Å²) in [5.74, 6) is -0.0945. The molecule has 0 spiro atoms. The van der Waals surface area contributed by atoms with Crippen molar-refractivity contribution in [2.24, 2.45) is 0 Å². The number of aromatic nitrogens is 1. The van der Waals surface area contributed by atoms with Gasteiger partial charge in [0, 0.05) is 60.2 Å². The monoisotopic (exact) mass is 490 g/mol. The Morgan fingerprint density at radius 2 is 1.54 bits per heavy atom. The fraction of sp³-hybridized carbons (Fsp3) is 0.296. The van der Waals surface area contributed by atoms with Crippen LogP contribution in [0, 0.1) is 0 Å². The average Bonchev–Trinajstić information content (AvgIpc) is 3.21. The Balaban J connectivity index is 1.27. The highest BCUT2D eigenvalue weighted by atomic mass is 32.2. The van der Waals surface area contributed by atoms with E-state index >= 15 is 0 Å². The number of carbonyl (C=O) groups is 1. The molecule has 1 aliphatic heterocycles. The highest BCUT2D eigenvalue weighted by Gasteiger charge is 2.31. The van der Waals surface area contributed by atoms with Gasteiger partial charge >= 0.3 is 0 Å². The highest BCUT2D eigenvalue weighted by Crippen LogP contribution is 2.31. The fourth-order valence-corrected chi connectivity index (χ4v) is 6.40. The standard InChI is InChI=1S/C27H30N4O3S/c1-3-31-25-12-8-7-11-23(25)24-19-21(13-14-26(24)31)28-27(32)20(2)29-15-17-30(18-16-29)35(33,34)22-9-5-4-6-10-22/h4-14,19-20H,3,15-18H2,1-2H3,(H,28,32)/t20-/m0/s1. The van der Waals surface area contributed by atoms with Crippen LogP contribution in [0.2, 0.25) is 0 Å². The third-order valence-electron chi connectivity index (χ3n) is 6.94. The summed E-state index contributed by atoms with van der Waals surface area (Å²) < 4.78 is 29.6. The van der Waals surface area contributed by atoms with E-state index in [-0.39, 0.29) is 11.9 Å². The van der Waals surface area contributed by atoms with Crippen LogP contribution in [-0.4, -0.2) is 60.3 Å². The van der Waals surface area contributed by atoms with E-state index in [9.17, 15) is 13.2 Å². The molecule has 4 aromatic rings. The Hall–Kier alpha value is -3.20. The number of hydrogen-bond donors (Lipinski definition) is 1. The second kappa shape index (κ2) is 9.45. The first kappa shape index (κ1) is 23.5. The molecule has 0 saturated carbocycles. The van der Waals surface area contributed by atoms with E-state index < -0.39 is 10.0 Å². The van der Waals surface area contributed by atoms with E-state index in [1.54, 1.807) is 30.3 Å². The molecule has 7 nitrogen and oxygen atoms in total. The number of benzene rings is 3. The topological polar surface area (TPSA) is 74.7 Å². The maximum Gasteiger partial charge on any atom is 0.243 e. The molecule has 1 saturated heterocycles. The fourth-order valence-electron chi connectivity index (χ4n) is 4.96. The Bertz CT molecular complexity index is 1470. The predicted octanol–water partition coefficient (Wildman–Crippen LogP) is 4.15. The molecule has 3 aromatic carbocycles. The van der Waals surface area contributed by atoms with Crippen LogP contribution in [-0.2, 0) is 21.4 Å². The van der Waals surface area contributed by atoms with E-state index in [0.717, 1.165) is 23.1 Å². The lowest BCUT2D eigenvalue weighted by atomic mass is 10.1. The lowest BCUT2D eigenvalue weighted by Crippen LogP contribution is -2.53. The lowest BCUT2D eigenvalue weighted by molar-refractivity contribution is -0.121. The van der Waals surface area contributed by atoms with Gasteiger partial charge in [-0.25, -0.2) is 8.42 Å². The number of anilines is 1. The van der Waals surface area contributed by atoms with E-state index in [4.69, 9.17) is 0 Å². The van der Waals surface area contributed by atoms with Gasteiger partial charge in [0.15, 0.2) is 0 Å². The number of nitrogens with one attached hydrogen (secondary N) is 1. The molecule has 0 unspecified atom stereocenters. The second-order valence-electron chi connectivity index (χ2n) is 8.91. The van der Waals surface area contributed by atoms with Crippen molar-refractivity contribution < 1.29 is 13.2 Å². The number of carbonyl (C=O) groups excluding carboxylic acids is 1. The molecule has 8 heteroatoms. The summed E-state index contributed by atoms with van der Waals surface area (Å²) in [7, 11) is -3.51. The molecule has 1 atom stereocenters. The van der Waals surface area contributed by atoms with Crippen LogP contribution in [0.15, 0.2) is 77.7 Å². The Morgan fingerprint density at radius 1 is 0.886 bits per heavy atom. The van der Waals surface area contributed by atoms with Gasteiger partial charge in [-0.2, -0.15) is 4.31 Å². The van der Waals surface area contributed by atoms with Gasteiger partial charge in [0.2, 0.25) is 15.9 Å². The third-order valence-corrected chi connectivity index (χ3v) is 8.85. The minimum atomic E-state index is -3.51. The summed E-state index contributed by atoms with van der Waals surface area (Å²) in [5.41, 5.74) is 3.10. The predicted molar refractivity (Wildman–Crippen MR) is 140 cm³/mol. The number of piperazine rings is 1. The van der Waals surface area contributed by atoms with Crippen molar-refractivity contribution in [2.75, 3.05) is 31.5 Å². The summed E-state index contributed by atoms with van der Waals surface area (Å²) in [6.07, 6.45) is 0. The van der Waals surface area contributed by atoms with Gasteiger partial charge in [0.05, 0.1) is 10.9 Å². The first-order chi connectivity index (χ1) is 16.9.